The highest BCUT2D eigenvalue weighted by atomic mass is 35.5. The van der Waals surface area contributed by atoms with Crippen LogP contribution in [0.2, 0.25) is 5.02 Å². The Balaban J connectivity index is 1.88. The maximum atomic E-state index is 6.14. The minimum atomic E-state index is 0.397. The number of halogens is 1. The second kappa shape index (κ2) is 5.08. The number of hydrogen-bond donors (Lipinski definition) is 1. The molecule has 0 aromatic heterocycles. The Kier molecular flexibility index (Phi) is 3.46. The van der Waals surface area contributed by atoms with E-state index in [4.69, 9.17) is 22.1 Å². The number of anilines is 1. The number of morpholine rings is 1. The van der Waals surface area contributed by atoms with E-state index in [1.807, 2.05) is 6.07 Å². The van der Waals surface area contributed by atoms with Crippen LogP contribution in [0.1, 0.15) is 18.4 Å². The molecule has 0 aliphatic carbocycles. The summed E-state index contributed by atoms with van der Waals surface area (Å²) in [6.45, 7) is 2.63. The van der Waals surface area contributed by atoms with Crippen molar-refractivity contribution in [1.29, 1.82) is 0 Å². The van der Waals surface area contributed by atoms with Crippen LogP contribution in [0.15, 0.2) is 18.2 Å². The molecule has 2 N–H and O–H groups in total. The second-order valence-corrected chi connectivity index (χ2v) is 5.61. The normalized spacial score (nSPS) is 26.7. The lowest BCUT2D eigenvalue weighted by atomic mass is 10.1. The average molecular weight is 267 g/mol. The molecule has 98 valence electrons. The zero-order valence-electron chi connectivity index (χ0n) is 10.4. The molecule has 18 heavy (non-hydrogen) atoms. The van der Waals surface area contributed by atoms with Gasteiger partial charge in [-0.1, -0.05) is 17.7 Å². The van der Waals surface area contributed by atoms with Crippen molar-refractivity contribution in [2.24, 2.45) is 5.73 Å². The third-order valence-electron chi connectivity index (χ3n) is 3.85. The second-order valence-electron chi connectivity index (χ2n) is 5.17. The first-order valence-corrected chi connectivity index (χ1v) is 7.03. The van der Waals surface area contributed by atoms with Crippen molar-refractivity contribution in [2.45, 2.75) is 31.5 Å². The van der Waals surface area contributed by atoms with Crippen LogP contribution in [-0.4, -0.2) is 31.8 Å². The van der Waals surface area contributed by atoms with Crippen LogP contribution in [0, 0.1) is 0 Å². The first-order chi connectivity index (χ1) is 8.76. The van der Waals surface area contributed by atoms with Crippen molar-refractivity contribution in [3.8, 4) is 0 Å². The van der Waals surface area contributed by atoms with Gasteiger partial charge in [-0.05, 0) is 43.5 Å². The summed E-state index contributed by atoms with van der Waals surface area (Å²) < 4.78 is 5.88. The predicted molar refractivity (Wildman–Crippen MR) is 74.3 cm³/mol. The molecule has 2 heterocycles. The van der Waals surface area contributed by atoms with Crippen molar-refractivity contribution in [2.75, 3.05) is 24.5 Å². The molecule has 2 fully saturated rings. The molecule has 2 saturated heterocycles. The molecular formula is C14H19ClN2O. The molecule has 2 unspecified atom stereocenters. The Hall–Kier alpha value is -0.770. The van der Waals surface area contributed by atoms with Crippen molar-refractivity contribution in [3.05, 3.63) is 28.8 Å². The van der Waals surface area contributed by atoms with Crippen LogP contribution < -0.4 is 10.6 Å². The maximum Gasteiger partial charge on any atom is 0.0755 e. The predicted octanol–water partition coefficient (Wildman–Crippen LogP) is 2.21. The van der Waals surface area contributed by atoms with E-state index in [1.54, 1.807) is 0 Å². The monoisotopic (exact) mass is 266 g/mol. The fourth-order valence-electron chi connectivity index (χ4n) is 3.01. The van der Waals surface area contributed by atoms with Gasteiger partial charge in [-0.2, -0.15) is 0 Å². The van der Waals surface area contributed by atoms with E-state index >= 15 is 0 Å². The van der Waals surface area contributed by atoms with E-state index in [1.165, 1.54) is 24.1 Å². The summed E-state index contributed by atoms with van der Waals surface area (Å²) in [6, 6.07) is 6.12. The quantitative estimate of drug-likeness (QED) is 0.912. The van der Waals surface area contributed by atoms with Crippen molar-refractivity contribution in [3.63, 3.8) is 0 Å². The highest BCUT2D eigenvalue weighted by Gasteiger charge is 2.34. The molecule has 4 heteroatoms. The Bertz CT molecular complexity index is 426. The first-order valence-electron chi connectivity index (χ1n) is 6.65. The summed E-state index contributed by atoms with van der Waals surface area (Å²) in [6.07, 6.45) is 4.07. The van der Waals surface area contributed by atoms with Gasteiger partial charge in [0.2, 0.25) is 0 Å². The summed E-state index contributed by atoms with van der Waals surface area (Å²) in [4.78, 5) is 2.42. The lowest BCUT2D eigenvalue weighted by Crippen LogP contribution is -2.43. The van der Waals surface area contributed by atoms with Gasteiger partial charge in [-0.3, -0.25) is 0 Å². The van der Waals surface area contributed by atoms with Gasteiger partial charge < -0.3 is 15.4 Å². The summed E-state index contributed by atoms with van der Waals surface area (Å²) in [5, 5.41) is 0.796. The molecular weight excluding hydrogens is 248 g/mol. The summed E-state index contributed by atoms with van der Waals surface area (Å²) in [7, 11) is 0. The molecule has 2 aliphatic rings. The molecule has 0 amide bonds. The minimum Gasteiger partial charge on any atom is -0.371 e. The van der Waals surface area contributed by atoms with Crippen LogP contribution in [0.5, 0.6) is 0 Å². The van der Waals surface area contributed by atoms with Gasteiger partial charge >= 0.3 is 0 Å². The third-order valence-corrected chi connectivity index (χ3v) is 4.08. The molecule has 2 bridgehead atoms. The van der Waals surface area contributed by atoms with Crippen LogP contribution in [0.4, 0.5) is 5.69 Å². The standard InChI is InChI=1S/C14H19ClN2O/c15-11-2-1-10(5-6-16)14(7-11)17-8-12-3-4-13(9-17)18-12/h1-2,7,12-13H,3-6,8-9,16H2. The van der Waals surface area contributed by atoms with E-state index < -0.39 is 0 Å². The van der Waals surface area contributed by atoms with Crippen LogP contribution >= 0.6 is 11.6 Å². The fourth-order valence-corrected chi connectivity index (χ4v) is 3.18. The van der Waals surface area contributed by atoms with Crippen molar-refractivity contribution < 1.29 is 4.74 Å². The van der Waals surface area contributed by atoms with Crippen LogP contribution in [0.3, 0.4) is 0 Å². The van der Waals surface area contributed by atoms with E-state index in [9.17, 15) is 0 Å². The number of hydrogen-bond acceptors (Lipinski definition) is 3. The van der Waals surface area contributed by atoms with Gasteiger partial charge in [0.1, 0.15) is 0 Å². The molecule has 0 radical (unpaired) electrons. The third kappa shape index (κ3) is 2.35. The zero-order valence-corrected chi connectivity index (χ0v) is 11.2. The molecule has 1 aromatic rings. The van der Waals surface area contributed by atoms with Crippen LogP contribution in [-0.2, 0) is 11.2 Å². The Morgan fingerprint density at radius 2 is 2.00 bits per heavy atom. The van der Waals surface area contributed by atoms with Gasteiger partial charge in [0, 0.05) is 23.8 Å². The Morgan fingerprint density at radius 3 is 2.67 bits per heavy atom. The summed E-state index contributed by atoms with van der Waals surface area (Å²) >= 11 is 6.14. The van der Waals surface area contributed by atoms with E-state index in [0.29, 0.717) is 18.8 Å². The van der Waals surface area contributed by atoms with E-state index in [-0.39, 0.29) is 0 Å². The van der Waals surface area contributed by atoms with E-state index in [0.717, 1.165) is 24.5 Å². The van der Waals surface area contributed by atoms with E-state index in [2.05, 4.69) is 17.0 Å². The minimum absolute atomic E-state index is 0.397. The highest BCUT2D eigenvalue weighted by Crippen LogP contribution is 2.32. The maximum absolute atomic E-state index is 6.14. The molecule has 3 nitrogen and oxygen atoms in total. The molecule has 3 rings (SSSR count). The lowest BCUT2D eigenvalue weighted by molar-refractivity contribution is 0.0304. The van der Waals surface area contributed by atoms with Gasteiger partial charge in [0.25, 0.3) is 0 Å². The van der Waals surface area contributed by atoms with Gasteiger partial charge in [0.15, 0.2) is 0 Å². The van der Waals surface area contributed by atoms with Gasteiger partial charge in [0.05, 0.1) is 12.2 Å². The highest BCUT2D eigenvalue weighted by molar-refractivity contribution is 6.30. The summed E-state index contributed by atoms with van der Waals surface area (Å²) in [5.74, 6) is 0. The number of ether oxygens (including phenoxy) is 1. The Labute approximate surface area is 113 Å². The molecule has 0 saturated carbocycles. The average Bonchev–Trinajstić information content (AvgIpc) is 2.71. The van der Waals surface area contributed by atoms with Crippen molar-refractivity contribution in [1.82, 2.24) is 0 Å². The molecule has 0 spiro atoms. The van der Waals surface area contributed by atoms with Gasteiger partial charge in [-0.25, -0.2) is 0 Å². The lowest BCUT2D eigenvalue weighted by Gasteiger charge is -2.35. The SMILES string of the molecule is NCCc1ccc(Cl)cc1N1CC2CCC(C1)O2. The first kappa shape index (κ1) is 12.3. The molecule has 2 aliphatic heterocycles. The number of nitrogens with zero attached hydrogens (tertiary/aromatic N) is 1. The molecule has 2 atom stereocenters. The number of nitrogens with two attached hydrogens (primary N) is 1. The zero-order chi connectivity index (χ0) is 12.5. The van der Waals surface area contributed by atoms with Gasteiger partial charge in [-0.15, -0.1) is 0 Å². The van der Waals surface area contributed by atoms with Crippen molar-refractivity contribution >= 4 is 17.3 Å². The summed E-state index contributed by atoms with van der Waals surface area (Å²) in [5.41, 5.74) is 8.23. The number of benzene rings is 1. The topological polar surface area (TPSA) is 38.5 Å². The fraction of sp³-hybridized carbons (Fsp3) is 0.571. The largest absolute Gasteiger partial charge is 0.371 e. The van der Waals surface area contributed by atoms with Crippen LogP contribution in [0.25, 0.3) is 0 Å². The number of rotatable bonds is 3. The number of fused-ring (bicyclic) bond motifs is 2. The molecule has 1 aromatic carbocycles. The smallest absolute Gasteiger partial charge is 0.0755 e. The Morgan fingerprint density at radius 1 is 1.28 bits per heavy atom.